The second-order valence-electron chi connectivity index (χ2n) is 13.1. The van der Waals surface area contributed by atoms with Crippen molar-refractivity contribution in [3.63, 3.8) is 0 Å². The number of aliphatic hydroxyl groups is 1. The second kappa shape index (κ2) is 20.9. The molecule has 43 heavy (non-hydrogen) atoms. The Balaban J connectivity index is 1.38. The number of benzene rings is 1. The molecule has 0 radical (unpaired) electrons. The van der Waals surface area contributed by atoms with Gasteiger partial charge in [0.05, 0.1) is 43.2 Å². The topological polar surface area (TPSA) is 75.6 Å². The Morgan fingerprint density at radius 3 is 2.21 bits per heavy atom. The molecule has 0 aliphatic carbocycles. The lowest BCUT2D eigenvalue weighted by Gasteiger charge is -2.38. The standard InChI is InChI=1S/C36H62O7/c1-5-6-7-8-9-10-11-15-20-33-32(40-28-38-4)25-24-31(41-33)30(37)22-23-35-34(42-36(2,3)43-35)21-16-17-26-39-27-29-18-13-12-14-19-29/h12-14,18-19,30-35,37H,5-11,15-17,20-28H2,1-4H3/t30-,31-,32+,33-,34+,35-/m0/s1. The third-order valence-corrected chi connectivity index (χ3v) is 8.84. The minimum absolute atomic E-state index is 0.00509. The van der Waals surface area contributed by atoms with Crippen molar-refractivity contribution in [2.24, 2.45) is 0 Å². The SMILES string of the molecule is CCCCCCCCCC[C@@H]1O[C@H]([C@@H](O)CC[C@@H]2OC(C)(C)O[C@@H]2CCCCOCc2ccccc2)CC[C@H]1OCOC. The third kappa shape index (κ3) is 14.3. The van der Waals surface area contributed by atoms with Gasteiger partial charge in [-0.3, -0.25) is 0 Å². The lowest BCUT2D eigenvalue weighted by Crippen LogP contribution is -2.45. The van der Waals surface area contributed by atoms with Crippen molar-refractivity contribution in [3.8, 4) is 0 Å². The highest BCUT2D eigenvalue weighted by Gasteiger charge is 2.41. The van der Waals surface area contributed by atoms with E-state index in [4.69, 9.17) is 28.4 Å². The zero-order chi connectivity index (χ0) is 30.8. The van der Waals surface area contributed by atoms with E-state index < -0.39 is 11.9 Å². The lowest BCUT2D eigenvalue weighted by molar-refractivity contribution is -0.193. The maximum atomic E-state index is 11.2. The number of unbranched alkanes of at least 4 members (excludes halogenated alkanes) is 8. The van der Waals surface area contributed by atoms with E-state index in [1.54, 1.807) is 7.11 Å². The van der Waals surface area contributed by atoms with Crippen LogP contribution in [0.15, 0.2) is 30.3 Å². The summed E-state index contributed by atoms with van der Waals surface area (Å²) in [5, 5.41) is 11.2. The smallest absolute Gasteiger partial charge is 0.163 e. The van der Waals surface area contributed by atoms with Gasteiger partial charge in [-0.25, -0.2) is 0 Å². The van der Waals surface area contributed by atoms with Gasteiger partial charge in [-0.15, -0.1) is 0 Å². The van der Waals surface area contributed by atoms with E-state index in [0.29, 0.717) is 13.0 Å². The normalized spacial score (nSPS) is 26.1. The fraction of sp³-hybridized carbons (Fsp3) is 0.833. The summed E-state index contributed by atoms with van der Waals surface area (Å²) >= 11 is 0. The quantitative estimate of drug-likeness (QED) is 0.0996. The van der Waals surface area contributed by atoms with Crippen molar-refractivity contribution in [2.75, 3.05) is 20.5 Å². The minimum Gasteiger partial charge on any atom is -0.390 e. The Morgan fingerprint density at radius 1 is 0.837 bits per heavy atom. The number of rotatable bonds is 23. The lowest BCUT2D eigenvalue weighted by atomic mass is 9.92. The van der Waals surface area contributed by atoms with Crippen molar-refractivity contribution in [2.45, 2.75) is 173 Å². The summed E-state index contributed by atoms with van der Waals surface area (Å²) in [6.07, 6.45) is 16.6. The summed E-state index contributed by atoms with van der Waals surface area (Å²) in [5.74, 6) is -0.599. The molecule has 1 aromatic rings. The average molecular weight is 607 g/mol. The molecule has 2 aliphatic heterocycles. The van der Waals surface area contributed by atoms with Gasteiger partial charge in [0.1, 0.15) is 6.79 Å². The Labute approximate surface area is 262 Å². The summed E-state index contributed by atoms with van der Waals surface area (Å²) in [5.41, 5.74) is 1.20. The zero-order valence-corrected chi connectivity index (χ0v) is 27.7. The Morgan fingerprint density at radius 2 is 1.49 bits per heavy atom. The van der Waals surface area contributed by atoms with Gasteiger partial charge in [-0.1, -0.05) is 88.6 Å². The highest BCUT2D eigenvalue weighted by Crippen LogP contribution is 2.35. The van der Waals surface area contributed by atoms with Crippen molar-refractivity contribution < 1.29 is 33.5 Å². The molecular weight excluding hydrogens is 544 g/mol. The molecule has 0 spiro atoms. The van der Waals surface area contributed by atoms with Crippen molar-refractivity contribution in [1.82, 2.24) is 0 Å². The summed E-state index contributed by atoms with van der Waals surface area (Å²) in [7, 11) is 1.66. The average Bonchev–Trinajstić information content (AvgIpc) is 3.31. The van der Waals surface area contributed by atoms with Gasteiger partial charge in [0.25, 0.3) is 0 Å². The largest absolute Gasteiger partial charge is 0.390 e. The molecule has 2 saturated heterocycles. The Kier molecular flexibility index (Phi) is 17.7. The molecule has 0 saturated carbocycles. The van der Waals surface area contributed by atoms with E-state index in [1.165, 1.54) is 50.5 Å². The molecule has 248 valence electrons. The predicted octanol–water partition coefficient (Wildman–Crippen LogP) is 8.10. The predicted molar refractivity (Wildman–Crippen MR) is 171 cm³/mol. The second-order valence-corrected chi connectivity index (χ2v) is 13.1. The molecule has 2 heterocycles. The summed E-state index contributed by atoms with van der Waals surface area (Å²) in [4.78, 5) is 0. The number of aliphatic hydroxyl groups excluding tert-OH is 1. The first-order chi connectivity index (χ1) is 20.9. The molecule has 0 unspecified atom stereocenters. The van der Waals surface area contributed by atoms with Crippen LogP contribution in [0.3, 0.4) is 0 Å². The molecule has 2 aliphatic rings. The van der Waals surface area contributed by atoms with Crippen LogP contribution in [-0.4, -0.2) is 68.0 Å². The van der Waals surface area contributed by atoms with Gasteiger partial charge in [0.2, 0.25) is 0 Å². The number of methoxy groups -OCH3 is 1. The van der Waals surface area contributed by atoms with Gasteiger partial charge < -0.3 is 33.5 Å². The summed E-state index contributed by atoms with van der Waals surface area (Å²) < 4.78 is 36.1. The van der Waals surface area contributed by atoms with Gasteiger partial charge in [0.15, 0.2) is 5.79 Å². The molecule has 2 fully saturated rings. The Hall–Kier alpha value is -1.06. The maximum absolute atomic E-state index is 11.2. The first kappa shape index (κ1) is 36.4. The number of ether oxygens (including phenoxy) is 6. The van der Waals surface area contributed by atoms with Crippen LogP contribution >= 0.6 is 0 Å². The number of hydrogen-bond donors (Lipinski definition) is 1. The van der Waals surface area contributed by atoms with E-state index in [1.807, 2.05) is 32.0 Å². The highest BCUT2D eigenvalue weighted by molar-refractivity contribution is 5.13. The van der Waals surface area contributed by atoms with Crippen LogP contribution in [0, 0.1) is 0 Å². The summed E-state index contributed by atoms with van der Waals surface area (Å²) in [6.45, 7) is 7.91. The fourth-order valence-electron chi connectivity index (χ4n) is 6.49. The first-order valence-corrected chi connectivity index (χ1v) is 17.3. The zero-order valence-electron chi connectivity index (χ0n) is 27.7. The van der Waals surface area contributed by atoms with Crippen molar-refractivity contribution >= 4 is 0 Å². The van der Waals surface area contributed by atoms with Crippen LogP contribution in [-0.2, 0) is 35.0 Å². The third-order valence-electron chi connectivity index (χ3n) is 8.84. The Bertz CT molecular complexity index is 819. The molecule has 7 heteroatoms. The van der Waals surface area contributed by atoms with Gasteiger partial charge in [-0.2, -0.15) is 0 Å². The monoisotopic (exact) mass is 606 g/mol. The molecule has 7 nitrogen and oxygen atoms in total. The van der Waals surface area contributed by atoms with Crippen LogP contribution in [0.5, 0.6) is 0 Å². The molecule has 1 N–H and O–H groups in total. The van der Waals surface area contributed by atoms with Crippen molar-refractivity contribution in [3.05, 3.63) is 35.9 Å². The van der Waals surface area contributed by atoms with Crippen LogP contribution in [0.2, 0.25) is 0 Å². The van der Waals surface area contributed by atoms with E-state index >= 15 is 0 Å². The molecular formula is C36H62O7. The van der Waals surface area contributed by atoms with E-state index in [9.17, 15) is 5.11 Å². The highest BCUT2D eigenvalue weighted by atomic mass is 16.8. The molecule has 0 amide bonds. The number of hydrogen-bond acceptors (Lipinski definition) is 7. The fourth-order valence-corrected chi connectivity index (χ4v) is 6.49. The minimum atomic E-state index is -0.599. The molecule has 6 atom stereocenters. The van der Waals surface area contributed by atoms with E-state index in [-0.39, 0.29) is 37.3 Å². The van der Waals surface area contributed by atoms with Crippen molar-refractivity contribution in [1.29, 1.82) is 0 Å². The van der Waals surface area contributed by atoms with E-state index in [0.717, 1.165) is 58.0 Å². The summed E-state index contributed by atoms with van der Waals surface area (Å²) in [6, 6.07) is 10.3. The van der Waals surface area contributed by atoms with Gasteiger partial charge >= 0.3 is 0 Å². The van der Waals surface area contributed by atoms with Crippen LogP contribution in [0.4, 0.5) is 0 Å². The van der Waals surface area contributed by atoms with Gasteiger partial charge in [0, 0.05) is 13.7 Å². The molecule has 0 aromatic heterocycles. The van der Waals surface area contributed by atoms with Crippen LogP contribution in [0.1, 0.15) is 129 Å². The van der Waals surface area contributed by atoms with Crippen LogP contribution in [0.25, 0.3) is 0 Å². The van der Waals surface area contributed by atoms with Gasteiger partial charge in [-0.05, 0) is 70.8 Å². The van der Waals surface area contributed by atoms with E-state index in [2.05, 4.69) is 19.1 Å². The molecule has 1 aromatic carbocycles. The first-order valence-electron chi connectivity index (χ1n) is 17.3. The molecule has 0 bridgehead atoms. The molecule has 3 rings (SSSR count). The van der Waals surface area contributed by atoms with Crippen LogP contribution < -0.4 is 0 Å². The maximum Gasteiger partial charge on any atom is 0.163 e.